The van der Waals surface area contributed by atoms with Crippen LogP contribution in [0.4, 0.5) is 0 Å². The van der Waals surface area contributed by atoms with Gasteiger partial charge in [-0.05, 0) is 87.6 Å². The number of pyridine rings is 1. The number of imidazole rings is 1. The van der Waals surface area contributed by atoms with Gasteiger partial charge in [0.2, 0.25) is 0 Å². The molecule has 11 rings (SSSR count). The molecule has 68 heavy (non-hydrogen) atoms. The Morgan fingerprint density at radius 1 is 0.588 bits per heavy atom. The fourth-order valence-electron chi connectivity index (χ4n) is 9.89. The zero-order chi connectivity index (χ0) is 47.1. The van der Waals surface area contributed by atoms with Crippen molar-refractivity contribution in [3.63, 3.8) is 0 Å². The van der Waals surface area contributed by atoms with E-state index in [2.05, 4.69) is 158 Å². The summed E-state index contributed by atoms with van der Waals surface area (Å²) in [4.78, 5) is 10.4. The van der Waals surface area contributed by atoms with Crippen molar-refractivity contribution in [2.75, 3.05) is 0 Å². The summed E-state index contributed by atoms with van der Waals surface area (Å²) < 4.78 is 20.9. The molecule has 10 aromatic rings. The first kappa shape index (κ1) is 42.2. The molecule has 1 fully saturated rings. The molecular formula is C63H52N3OPt-. The van der Waals surface area contributed by atoms with E-state index in [0.29, 0.717) is 17.0 Å². The number of aromatic nitrogens is 3. The van der Waals surface area contributed by atoms with Crippen LogP contribution in [-0.4, -0.2) is 19.6 Å². The maximum atomic E-state index is 11.5. The second-order valence-corrected chi connectivity index (χ2v) is 18.2. The van der Waals surface area contributed by atoms with Crippen molar-refractivity contribution >= 4 is 11.0 Å². The van der Waals surface area contributed by atoms with Crippen molar-refractivity contribution in [1.29, 1.82) is 0 Å². The normalized spacial score (nSPS) is 13.5. The van der Waals surface area contributed by atoms with Crippen molar-refractivity contribution in [2.24, 2.45) is 5.92 Å². The predicted molar refractivity (Wildman–Crippen MR) is 276 cm³/mol. The smallest absolute Gasteiger partial charge is 0.148 e. The number of phenols is 1. The second kappa shape index (κ2) is 19.2. The molecule has 0 amide bonds. The van der Waals surface area contributed by atoms with Gasteiger partial charge in [0, 0.05) is 46.7 Å². The van der Waals surface area contributed by atoms with E-state index in [1.165, 1.54) is 11.1 Å². The zero-order valence-electron chi connectivity index (χ0n) is 40.1. The third-order valence-corrected chi connectivity index (χ3v) is 13.6. The van der Waals surface area contributed by atoms with Crippen LogP contribution < -0.4 is 0 Å². The van der Waals surface area contributed by atoms with Crippen molar-refractivity contribution in [2.45, 2.75) is 51.3 Å². The maximum absolute atomic E-state index is 11.5. The number of phenolic OH excluding ortho intramolecular Hbond substituents is 1. The average Bonchev–Trinajstić information content (AvgIpc) is 4.10. The van der Waals surface area contributed by atoms with Crippen molar-refractivity contribution in [1.82, 2.24) is 14.5 Å². The largest absolute Gasteiger partial charge is 0.507 e. The fourth-order valence-corrected chi connectivity index (χ4v) is 9.89. The van der Waals surface area contributed by atoms with E-state index >= 15 is 0 Å². The van der Waals surface area contributed by atoms with Gasteiger partial charge in [-0.25, -0.2) is 4.98 Å². The summed E-state index contributed by atoms with van der Waals surface area (Å²) >= 11 is 0. The minimum absolute atomic E-state index is 0. The Hall–Kier alpha value is -7.13. The van der Waals surface area contributed by atoms with E-state index in [9.17, 15) is 7.85 Å². The summed E-state index contributed by atoms with van der Waals surface area (Å²) in [6.45, 7) is 4.54. The molecule has 1 aliphatic rings. The van der Waals surface area contributed by atoms with E-state index in [1.807, 2.05) is 66.9 Å². The summed E-state index contributed by atoms with van der Waals surface area (Å²) in [5, 5.41) is 11.5. The molecule has 0 saturated heterocycles. The quantitative estimate of drug-likeness (QED) is 0.131. The Balaban J connectivity index is 0.00000567. The molecule has 5 heteroatoms. The summed E-state index contributed by atoms with van der Waals surface area (Å²) in [7, 11) is 0. The average molecular weight is 1060 g/mol. The summed E-state index contributed by atoms with van der Waals surface area (Å²) in [6, 6.07) is 72.1. The molecule has 0 radical (unpaired) electrons. The Kier molecular flexibility index (Phi) is 11.9. The first-order valence-electron chi connectivity index (χ1n) is 24.4. The molecule has 1 aliphatic carbocycles. The van der Waals surface area contributed by atoms with E-state index in [-0.39, 0.29) is 38.1 Å². The third kappa shape index (κ3) is 8.78. The van der Waals surface area contributed by atoms with Gasteiger partial charge in [0.15, 0.2) is 0 Å². The van der Waals surface area contributed by atoms with Gasteiger partial charge in [-0.1, -0.05) is 208 Å². The number of para-hydroxylation sites is 2. The molecule has 1 N–H and O–H groups in total. The number of fused-ring (bicyclic) bond motifs is 1. The van der Waals surface area contributed by atoms with Gasteiger partial charge in [0.1, 0.15) is 11.6 Å². The van der Waals surface area contributed by atoms with Crippen LogP contribution in [0.2, 0.25) is 0 Å². The maximum Gasteiger partial charge on any atom is 0.148 e. The van der Waals surface area contributed by atoms with Gasteiger partial charge >= 0.3 is 0 Å². The van der Waals surface area contributed by atoms with Gasteiger partial charge in [-0.3, -0.25) is 9.55 Å². The van der Waals surface area contributed by atoms with Crippen molar-refractivity contribution in [3.8, 4) is 78.6 Å². The number of aromatic hydroxyl groups is 1. The third-order valence-electron chi connectivity index (χ3n) is 13.6. The summed E-state index contributed by atoms with van der Waals surface area (Å²) in [6.07, 6.45) is 4.27. The molecule has 0 aliphatic heterocycles. The topological polar surface area (TPSA) is 50.9 Å². The molecule has 4 nitrogen and oxygen atoms in total. The van der Waals surface area contributed by atoms with Crippen LogP contribution in [-0.2, 0) is 32.9 Å². The minimum atomic E-state index is -1.49. The van der Waals surface area contributed by atoms with Gasteiger partial charge in [-0.2, -0.15) is 0 Å². The Morgan fingerprint density at radius 2 is 1.22 bits per heavy atom. The number of rotatable bonds is 11. The fraction of sp³-hybridized carbons (Fsp3) is 0.143. The molecular weight excluding hydrogens is 1010 g/mol. The zero-order valence-corrected chi connectivity index (χ0v) is 40.4. The number of hydrogen-bond acceptors (Lipinski definition) is 3. The van der Waals surface area contributed by atoms with Crippen LogP contribution in [0.25, 0.3) is 83.9 Å². The van der Waals surface area contributed by atoms with Gasteiger partial charge in [-0.15, -0.1) is 23.8 Å². The Morgan fingerprint density at radius 3 is 1.96 bits per heavy atom. The summed E-state index contributed by atoms with van der Waals surface area (Å²) in [5.74, 6) is 0.660. The van der Waals surface area contributed by atoms with Gasteiger partial charge < -0.3 is 5.11 Å². The Bertz CT molecular complexity index is 3460. The molecule has 2 heterocycles. The van der Waals surface area contributed by atoms with Crippen LogP contribution in [0.3, 0.4) is 0 Å². The monoisotopic (exact) mass is 1060 g/mol. The molecule has 0 atom stereocenters. The first-order chi connectivity index (χ1) is 33.6. The molecule has 0 unspecified atom stereocenters. The molecule has 8 aromatic carbocycles. The van der Waals surface area contributed by atoms with Gasteiger partial charge in [0.05, 0.1) is 22.3 Å². The Labute approximate surface area is 417 Å². The van der Waals surface area contributed by atoms with Crippen molar-refractivity contribution < 1.29 is 28.9 Å². The van der Waals surface area contributed by atoms with E-state index in [0.717, 1.165) is 98.2 Å². The number of hydrogen-bond donors (Lipinski definition) is 1. The van der Waals surface area contributed by atoms with Crippen LogP contribution in [0.5, 0.6) is 5.75 Å². The van der Waals surface area contributed by atoms with E-state index in [4.69, 9.17) is 9.97 Å². The molecule has 0 spiro atoms. The van der Waals surface area contributed by atoms with Crippen LogP contribution in [0.1, 0.15) is 59.0 Å². The van der Waals surface area contributed by atoms with E-state index < -0.39 is 6.37 Å². The molecule has 1 saturated carbocycles. The standard InChI is InChI=1S/C63H52N3O.Pt/c1-63(2,52-23-10-5-11-24-52)53-32-30-46(31-33-53)48-35-36-64-57(42-48)51-40-49(45-19-6-3-7-20-45)39-50(41-51)54-26-16-27-59-61(54)65-62(55-25-14-15-28-60(55)67)66(59)58-34-29-44(37-43-17-12-13-18-43)38-56(58)47-21-8-4-9-22-47;/h3-11,14-16,19-36,38-40,42-43,67H,12-13,17-18,37H2,1-2H3;/q-1;/i37D2;. The first-order valence-corrected chi connectivity index (χ1v) is 23.4. The number of nitrogens with zero attached hydrogens (tertiary/aromatic N) is 3. The van der Waals surface area contributed by atoms with Crippen LogP contribution in [0, 0.1) is 12.0 Å². The molecule has 0 bridgehead atoms. The van der Waals surface area contributed by atoms with Gasteiger partial charge in [0.25, 0.3) is 0 Å². The SMILES string of the molecule is [2H]C([2H])(c1ccc(-n2c(-c3ccccc3O)nc3c(-c4[c-]c(-c5cc(-c6ccc(C(C)(C)c7ccccc7)cc6)ccn5)cc(-c5ccccc5)c4)cccc32)c(-c2ccccc2)c1)C1CCCC1.[Pt]. The molecule has 2 aromatic heterocycles. The molecule has 336 valence electrons. The van der Waals surface area contributed by atoms with Crippen molar-refractivity contribution in [3.05, 3.63) is 229 Å². The summed E-state index contributed by atoms with van der Waals surface area (Å²) in [5.41, 5.74) is 15.6. The van der Waals surface area contributed by atoms with Crippen LogP contribution >= 0.6 is 0 Å². The van der Waals surface area contributed by atoms with E-state index in [1.54, 1.807) is 6.07 Å². The number of benzene rings is 8. The minimum Gasteiger partial charge on any atom is -0.507 e. The second-order valence-electron chi connectivity index (χ2n) is 18.2. The predicted octanol–water partition coefficient (Wildman–Crippen LogP) is 16.0. The van der Waals surface area contributed by atoms with Crippen LogP contribution in [0.15, 0.2) is 206 Å².